The van der Waals surface area contributed by atoms with E-state index in [2.05, 4.69) is 34.4 Å². The maximum absolute atomic E-state index is 13.5. The number of urea groups is 1. The van der Waals surface area contributed by atoms with Crippen molar-refractivity contribution in [1.82, 2.24) is 15.6 Å². The van der Waals surface area contributed by atoms with E-state index in [-0.39, 0.29) is 24.1 Å². The number of rotatable bonds is 6. The number of nitrogens with zero attached hydrogens (tertiary/aromatic N) is 2. The average molecular weight is 386 g/mol. The number of halogens is 1. The van der Waals surface area contributed by atoms with Crippen LogP contribution in [0.1, 0.15) is 25.0 Å². The summed E-state index contributed by atoms with van der Waals surface area (Å²) in [4.78, 5) is 18.7. The molecule has 0 aliphatic carbocycles. The van der Waals surface area contributed by atoms with Gasteiger partial charge in [-0.05, 0) is 43.5 Å². The van der Waals surface area contributed by atoms with E-state index < -0.39 is 0 Å². The van der Waals surface area contributed by atoms with Crippen LogP contribution in [0.5, 0.6) is 0 Å². The summed E-state index contributed by atoms with van der Waals surface area (Å²) in [5, 5.41) is 5.54. The topological polar surface area (TPSA) is 66.5 Å². The number of anilines is 1. The van der Waals surface area contributed by atoms with Gasteiger partial charge in [-0.1, -0.05) is 24.3 Å². The van der Waals surface area contributed by atoms with E-state index in [0.29, 0.717) is 25.1 Å². The first-order valence-corrected chi connectivity index (χ1v) is 9.61. The molecule has 0 spiro atoms. The fourth-order valence-electron chi connectivity index (χ4n) is 3.33. The van der Waals surface area contributed by atoms with Crippen LogP contribution in [0.3, 0.4) is 0 Å². The Labute approximate surface area is 165 Å². The number of ether oxygens (including phenoxy) is 1. The molecule has 2 heterocycles. The largest absolute Gasteiger partial charge is 0.372 e. The third-order valence-electron chi connectivity index (χ3n) is 4.64. The Morgan fingerprint density at radius 1 is 1.18 bits per heavy atom. The Bertz CT molecular complexity index is 774. The normalized spacial score (nSPS) is 19.3. The lowest BCUT2D eigenvalue weighted by molar-refractivity contribution is -0.00546. The number of aromatic nitrogens is 1. The predicted molar refractivity (Wildman–Crippen MR) is 107 cm³/mol. The summed E-state index contributed by atoms with van der Waals surface area (Å²) in [5.74, 6) is 0.667. The number of carbonyl (C=O) groups is 1. The Balaban J connectivity index is 1.42. The number of nitrogens with one attached hydrogen (secondary N) is 2. The van der Waals surface area contributed by atoms with Crippen molar-refractivity contribution in [3.8, 4) is 0 Å². The Morgan fingerprint density at radius 3 is 2.61 bits per heavy atom. The average Bonchev–Trinajstić information content (AvgIpc) is 2.67. The number of carbonyl (C=O) groups excluding carboxylic acids is 1. The second-order valence-electron chi connectivity index (χ2n) is 7.14. The van der Waals surface area contributed by atoms with Gasteiger partial charge in [-0.25, -0.2) is 14.2 Å². The standard InChI is InChI=1S/C21H27FN4O2/c1-15-13-26(14-16(2)28-15)20-8-7-17(11-24-20)12-25-21(27)23-10-9-18-5-3-4-6-19(18)22/h3-8,11,15-16H,9-10,12-14H2,1-2H3,(H2,23,25,27). The highest BCUT2D eigenvalue weighted by molar-refractivity contribution is 5.73. The van der Waals surface area contributed by atoms with Crippen LogP contribution < -0.4 is 15.5 Å². The highest BCUT2D eigenvalue weighted by Gasteiger charge is 2.22. The van der Waals surface area contributed by atoms with Crippen molar-refractivity contribution < 1.29 is 13.9 Å². The van der Waals surface area contributed by atoms with Crippen molar-refractivity contribution in [1.29, 1.82) is 0 Å². The van der Waals surface area contributed by atoms with Crippen molar-refractivity contribution >= 4 is 11.8 Å². The molecule has 150 valence electrons. The molecule has 2 amide bonds. The predicted octanol–water partition coefficient (Wildman–Crippen LogP) is 2.88. The minimum atomic E-state index is -0.281. The maximum Gasteiger partial charge on any atom is 0.315 e. The molecule has 1 fully saturated rings. The maximum atomic E-state index is 13.5. The third-order valence-corrected chi connectivity index (χ3v) is 4.64. The van der Waals surface area contributed by atoms with Gasteiger partial charge in [-0.2, -0.15) is 0 Å². The lowest BCUT2D eigenvalue weighted by Crippen LogP contribution is -2.45. The Hall–Kier alpha value is -2.67. The van der Waals surface area contributed by atoms with Crippen molar-refractivity contribution in [2.45, 2.75) is 39.0 Å². The van der Waals surface area contributed by atoms with Gasteiger partial charge in [0.05, 0.1) is 12.2 Å². The quantitative estimate of drug-likeness (QED) is 0.801. The molecule has 2 aromatic rings. The van der Waals surface area contributed by atoms with Gasteiger partial charge in [0.1, 0.15) is 11.6 Å². The zero-order valence-electron chi connectivity index (χ0n) is 16.3. The highest BCUT2D eigenvalue weighted by atomic mass is 19.1. The lowest BCUT2D eigenvalue weighted by atomic mass is 10.1. The number of amides is 2. The van der Waals surface area contributed by atoms with E-state index in [1.54, 1.807) is 24.4 Å². The lowest BCUT2D eigenvalue weighted by Gasteiger charge is -2.36. The molecular weight excluding hydrogens is 359 g/mol. The fraction of sp³-hybridized carbons (Fsp3) is 0.429. The fourth-order valence-corrected chi connectivity index (χ4v) is 3.33. The molecule has 2 atom stereocenters. The molecule has 1 aliphatic heterocycles. The third kappa shape index (κ3) is 5.66. The number of morpholine rings is 1. The minimum Gasteiger partial charge on any atom is -0.372 e. The smallest absolute Gasteiger partial charge is 0.315 e. The van der Waals surface area contributed by atoms with E-state index in [1.807, 2.05) is 12.1 Å². The molecule has 3 rings (SSSR count). The second-order valence-corrected chi connectivity index (χ2v) is 7.14. The second kappa shape index (κ2) is 9.50. The van der Waals surface area contributed by atoms with Crippen molar-refractivity contribution in [2.75, 3.05) is 24.5 Å². The van der Waals surface area contributed by atoms with Gasteiger partial charge in [0.25, 0.3) is 0 Å². The molecule has 0 radical (unpaired) electrons. The van der Waals surface area contributed by atoms with Crippen LogP contribution in [0.4, 0.5) is 15.0 Å². The van der Waals surface area contributed by atoms with Crippen molar-refractivity contribution in [3.05, 3.63) is 59.5 Å². The first-order valence-electron chi connectivity index (χ1n) is 9.61. The van der Waals surface area contributed by atoms with Crippen LogP contribution in [0.25, 0.3) is 0 Å². The molecule has 6 nitrogen and oxygen atoms in total. The molecule has 2 N–H and O–H groups in total. The molecule has 1 aliphatic rings. The van der Waals surface area contributed by atoms with Gasteiger partial charge in [-0.3, -0.25) is 0 Å². The SMILES string of the molecule is CC1CN(c2ccc(CNC(=O)NCCc3ccccc3F)cn2)CC(C)O1. The molecule has 0 bridgehead atoms. The van der Waals surface area contributed by atoms with Crippen LogP contribution >= 0.6 is 0 Å². The van der Waals surface area contributed by atoms with Crippen LogP contribution in [0, 0.1) is 5.82 Å². The summed E-state index contributed by atoms with van der Waals surface area (Å²) < 4.78 is 19.3. The molecule has 1 saturated heterocycles. The summed E-state index contributed by atoms with van der Waals surface area (Å²) >= 11 is 0. The first kappa shape index (κ1) is 20.1. The number of pyridine rings is 1. The summed E-state index contributed by atoms with van der Waals surface area (Å²) in [5.41, 5.74) is 1.51. The van der Waals surface area contributed by atoms with Gasteiger partial charge in [-0.15, -0.1) is 0 Å². The van der Waals surface area contributed by atoms with E-state index >= 15 is 0 Å². The van der Waals surface area contributed by atoms with Gasteiger partial charge in [0.2, 0.25) is 0 Å². The summed E-state index contributed by atoms with van der Waals surface area (Å²) in [6, 6.07) is 10.2. The number of benzene rings is 1. The number of hydrogen-bond acceptors (Lipinski definition) is 4. The van der Waals surface area contributed by atoms with Crippen LogP contribution in [0.15, 0.2) is 42.6 Å². The summed E-state index contributed by atoms with van der Waals surface area (Å²) in [7, 11) is 0. The van der Waals surface area contributed by atoms with Crippen molar-refractivity contribution in [2.24, 2.45) is 0 Å². The Kier molecular flexibility index (Phi) is 6.81. The van der Waals surface area contributed by atoms with Crippen molar-refractivity contribution in [3.63, 3.8) is 0 Å². The molecule has 0 saturated carbocycles. The zero-order chi connectivity index (χ0) is 19.9. The van der Waals surface area contributed by atoms with Gasteiger partial charge in [0.15, 0.2) is 0 Å². The number of hydrogen-bond donors (Lipinski definition) is 2. The van der Waals surface area contributed by atoms with Crippen LogP contribution in [-0.4, -0.2) is 42.9 Å². The first-order chi connectivity index (χ1) is 13.5. The molecule has 1 aromatic heterocycles. The monoisotopic (exact) mass is 386 g/mol. The highest BCUT2D eigenvalue weighted by Crippen LogP contribution is 2.18. The van der Waals surface area contributed by atoms with E-state index in [0.717, 1.165) is 24.5 Å². The van der Waals surface area contributed by atoms with Gasteiger partial charge in [0, 0.05) is 32.4 Å². The zero-order valence-corrected chi connectivity index (χ0v) is 16.3. The molecular formula is C21H27FN4O2. The molecule has 2 unspecified atom stereocenters. The van der Waals surface area contributed by atoms with E-state index in [9.17, 15) is 9.18 Å². The summed E-state index contributed by atoms with van der Waals surface area (Å²) in [6.45, 7) is 6.52. The van der Waals surface area contributed by atoms with Crippen LogP contribution in [-0.2, 0) is 17.7 Å². The van der Waals surface area contributed by atoms with Crippen LogP contribution in [0.2, 0.25) is 0 Å². The summed E-state index contributed by atoms with van der Waals surface area (Å²) in [6.07, 6.45) is 2.59. The molecule has 28 heavy (non-hydrogen) atoms. The molecule has 7 heteroatoms. The van der Waals surface area contributed by atoms with Gasteiger partial charge < -0.3 is 20.3 Å². The van der Waals surface area contributed by atoms with Gasteiger partial charge >= 0.3 is 6.03 Å². The molecule has 1 aromatic carbocycles. The minimum absolute atomic E-state index is 0.181. The van der Waals surface area contributed by atoms with E-state index in [1.165, 1.54) is 6.07 Å². The Morgan fingerprint density at radius 2 is 1.93 bits per heavy atom. The van der Waals surface area contributed by atoms with E-state index in [4.69, 9.17) is 4.74 Å².